The van der Waals surface area contributed by atoms with Crippen molar-refractivity contribution in [1.82, 2.24) is 14.5 Å². The number of likely N-dealkylation sites (tertiary alicyclic amines) is 1. The fraction of sp³-hybridized carbons (Fsp3) is 0.550. The molecule has 2 aliphatic rings. The smallest absolute Gasteiger partial charge is 0.311 e. The van der Waals surface area contributed by atoms with E-state index in [1.807, 2.05) is 35.8 Å². The lowest BCUT2D eigenvalue weighted by Gasteiger charge is -2.39. The van der Waals surface area contributed by atoms with Gasteiger partial charge in [-0.05, 0) is 44.2 Å². The van der Waals surface area contributed by atoms with Crippen LogP contribution in [-0.4, -0.2) is 44.5 Å². The molecule has 1 N–H and O–H groups in total. The number of hydrogen-bond donors (Lipinski definition) is 1. The van der Waals surface area contributed by atoms with Gasteiger partial charge in [0.15, 0.2) is 0 Å². The van der Waals surface area contributed by atoms with Crippen LogP contribution in [0, 0.1) is 5.41 Å². The maximum absolute atomic E-state index is 13.0. The molecule has 138 valence electrons. The van der Waals surface area contributed by atoms with E-state index in [1.165, 1.54) is 0 Å². The first-order valence-electron chi connectivity index (χ1n) is 9.50. The Labute approximate surface area is 152 Å². The first-order valence-corrected chi connectivity index (χ1v) is 9.50. The summed E-state index contributed by atoms with van der Waals surface area (Å²) in [6, 6.07) is 7.92. The van der Waals surface area contributed by atoms with Gasteiger partial charge in [0.05, 0.1) is 16.4 Å². The van der Waals surface area contributed by atoms with Crippen molar-refractivity contribution in [2.24, 2.45) is 5.41 Å². The Morgan fingerprint density at radius 3 is 2.77 bits per heavy atom. The summed E-state index contributed by atoms with van der Waals surface area (Å²) in [5, 5.41) is 9.66. The van der Waals surface area contributed by atoms with Crippen molar-refractivity contribution in [3.05, 3.63) is 30.1 Å². The van der Waals surface area contributed by atoms with Gasteiger partial charge in [-0.2, -0.15) is 0 Å². The van der Waals surface area contributed by atoms with Gasteiger partial charge in [0, 0.05) is 19.0 Å². The Bertz CT molecular complexity index is 855. The van der Waals surface area contributed by atoms with Gasteiger partial charge in [-0.25, -0.2) is 4.98 Å². The van der Waals surface area contributed by atoms with Crippen LogP contribution in [0.25, 0.3) is 11.0 Å². The van der Waals surface area contributed by atoms with E-state index in [0.29, 0.717) is 31.8 Å². The van der Waals surface area contributed by atoms with E-state index in [-0.39, 0.29) is 12.5 Å². The topological polar surface area (TPSA) is 75.4 Å². The van der Waals surface area contributed by atoms with E-state index in [2.05, 4.69) is 0 Å². The zero-order chi connectivity index (χ0) is 18.3. The minimum absolute atomic E-state index is 0.00571. The van der Waals surface area contributed by atoms with E-state index < -0.39 is 11.4 Å². The number of carboxylic acid groups (broad SMARTS) is 1. The number of aromatic nitrogens is 2. The second-order valence-corrected chi connectivity index (χ2v) is 7.68. The third kappa shape index (κ3) is 2.87. The second kappa shape index (κ2) is 6.41. The lowest BCUT2D eigenvalue weighted by molar-refractivity contribution is -0.155. The van der Waals surface area contributed by atoms with Crippen LogP contribution >= 0.6 is 0 Å². The highest BCUT2D eigenvalue weighted by atomic mass is 16.4. The van der Waals surface area contributed by atoms with Crippen molar-refractivity contribution in [2.45, 2.75) is 51.5 Å². The van der Waals surface area contributed by atoms with Crippen molar-refractivity contribution in [3.63, 3.8) is 0 Å². The second-order valence-electron chi connectivity index (χ2n) is 7.68. The van der Waals surface area contributed by atoms with Gasteiger partial charge in [0.2, 0.25) is 5.91 Å². The Morgan fingerprint density at radius 2 is 2.08 bits per heavy atom. The quantitative estimate of drug-likeness (QED) is 0.894. The Hall–Kier alpha value is -2.37. The molecule has 6 heteroatoms. The molecule has 6 nitrogen and oxygen atoms in total. The molecule has 1 atom stereocenters. The van der Waals surface area contributed by atoms with Gasteiger partial charge in [0.25, 0.3) is 0 Å². The van der Waals surface area contributed by atoms with E-state index >= 15 is 0 Å². The fourth-order valence-corrected chi connectivity index (χ4v) is 4.11. The summed E-state index contributed by atoms with van der Waals surface area (Å²) in [5.74, 6) is 0.653. The summed E-state index contributed by atoms with van der Waals surface area (Å²) in [6.07, 6.45) is 4.18. The minimum Gasteiger partial charge on any atom is -0.481 e. The third-order valence-corrected chi connectivity index (χ3v) is 5.98. The molecule has 0 unspecified atom stereocenters. The summed E-state index contributed by atoms with van der Waals surface area (Å²) in [5.41, 5.74) is 1.11. The number of hydrogen-bond acceptors (Lipinski definition) is 3. The largest absolute Gasteiger partial charge is 0.481 e. The first kappa shape index (κ1) is 17.1. The molecular formula is C20H25N3O3. The van der Waals surface area contributed by atoms with Gasteiger partial charge in [0.1, 0.15) is 12.4 Å². The number of amides is 1. The average Bonchev–Trinajstić information content (AvgIpc) is 3.44. The molecule has 1 saturated heterocycles. The van der Waals surface area contributed by atoms with Crippen molar-refractivity contribution < 1.29 is 14.7 Å². The van der Waals surface area contributed by atoms with Crippen molar-refractivity contribution in [2.75, 3.05) is 13.1 Å². The Balaban J connectivity index is 1.59. The molecule has 2 fully saturated rings. The number of para-hydroxylation sites is 2. The van der Waals surface area contributed by atoms with Crippen LogP contribution in [0.4, 0.5) is 0 Å². The van der Waals surface area contributed by atoms with Crippen LogP contribution in [0.15, 0.2) is 24.3 Å². The molecule has 0 bridgehead atoms. The molecule has 1 amide bonds. The SMILES string of the molecule is CC[C@@]1(C(=O)O)CCCN(C(=O)Cn2c(C3CC3)nc3ccccc32)C1. The predicted molar refractivity (Wildman–Crippen MR) is 97.9 cm³/mol. The maximum Gasteiger partial charge on any atom is 0.311 e. The number of fused-ring (bicyclic) bond motifs is 1. The van der Waals surface area contributed by atoms with Gasteiger partial charge < -0.3 is 14.6 Å². The molecule has 0 radical (unpaired) electrons. The van der Waals surface area contributed by atoms with Gasteiger partial charge in [-0.1, -0.05) is 19.1 Å². The van der Waals surface area contributed by atoms with Crippen LogP contribution in [0.2, 0.25) is 0 Å². The van der Waals surface area contributed by atoms with Crippen LogP contribution < -0.4 is 0 Å². The van der Waals surface area contributed by atoms with Gasteiger partial charge >= 0.3 is 5.97 Å². The lowest BCUT2D eigenvalue weighted by atomic mass is 9.77. The lowest BCUT2D eigenvalue weighted by Crippen LogP contribution is -2.50. The number of rotatable bonds is 5. The third-order valence-electron chi connectivity index (χ3n) is 5.98. The first-order chi connectivity index (χ1) is 12.5. The monoisotopic (exact) mass is 355 g/mol. The van der Waals surface area contributed by atoms with E-state index in [9.17, 15) is 14.7 Å². The molecular weight excluding hydrogens is 330 g/mol. The highest BCUT2D eigenvalue weighted by molar-refractivity contribution is 5.82. The number of carboxylic acids is 1. The Morgan fingerprint density at radius 1 is 1.31 bits per heavy atom. The molecule has 0 spiro atoms. The predicted octanol–water partition coefficient (Wildman–Crippen LogP) is 3.02. The molecule has 1 aliphatic carbocycles. The number of imidazole rings is 1. The summed E-state index contributed by atoms with van der Waals surface area (Å²) in [4.78, 5) is 31.3. The molecule has 1 aromatic heterocycles. The Kier molecular flexibility index (Phi) is 4.21. The number of aliphatic carboxylic acids is 1. The van der Waals surface area contributed by atoms with E-state index in [4.69, 9.17) is 4.98 Å². The van der Waals surface area contributed by atoms with Crippen LogP contribution in [0.3, 0.4) is 0 Å². The fourth-order valence-electron chi connectivity index (χ4n) is 4.11. The number of nitrogens with zero attached hydrogens (tertiary/aromatic N) is 3. The normalized spacial score (nSPS) is 23.3. The summed E-state index contributed by atoms with van der Waals surface area (Å²) in [6.45, 7) is 3.09. The molecule has 2 aromatic rings. The number of benzene rings is 1. The molecule has 1 aromatic carbocycles. The average molecular weight is 355 g/mol. The van der Waals surface area contributed by atoms with Gasteiger partial charge in [-0.3, -0.25) is 9.59 Å². The zero-order valence-electron chi connectivity index (χ0n) is 15.1. The van der Waals surface area contributed by atoms with Crippen LogP contribution in [0.1, 0.15) is 50.8 Å². The highest BCUT2D eigenvalue weighted by Gasteiger charge is 2.42. The zero-order valence-corrected chi connectivity index (χ0v) is 15.1. The molecule has 2 heterocycles. The molecule has 1 saturated carbocycles. The highest BCUT2D eigenvalue weighted by Crippen LogP contribution is 2.41. The number of carbonyl (C=O) groups is 2. The van der Waals surface area contributed by atoms with Gasteiger partial charge in [-0.15, -0.1) is 0 Å². The van der Waals surface area contributed by atoms with Crippen molar-refractivity contribution >= 4 is 22.9 Å². The summed E-state index contributed by atoms with van der Waals surface area (Å²) >= 11 is 0. The maximum atomic E-state index is 13.0. The molecule has 26 heavy (non-hydrogen) atoms. The number of carbonyl (C=O) groups excluding carboxylic acids is 1. The van der Waals surface area contributed by atoms with Crippen LogP contribution in [-0.2, 0) is 16.1 Å². The van der Waals surface area contributed by atoms with Crippen LogP contribution in [0.5, 0.6) is 0 Å². The standard InChI is InChI=1S/C20H25N3O3/c1-2-20(19(25)26)10-5-11-22(13-20)17(24)12-23-16-7-4-3-6-15(16)21-18(23)14-8-9-14/h3-4,6-7,14H,2,5,8-13H2,1H3,(H,25,26)/t20-/m1/s1. The number of piperidine rings is 1. The molecule has 4 rings (SSSR count). The van der Waals surface area contributed by atoms with E-state index in [0.717, 1.165) is 36.1 Å². The summed E-state index contributed by atoms with van der Waals surface area (Å²) in [7, 11) is 0. The van der Waals surface area contributed by atoms with Crippen molar-refractivity contribution in [1.29, 1.82) is 0 Å². The van der Waals surface area contributed by atoms with Crippen molar-refractivity contribution in [3.8, 4) is 0 Å². The molecule has 1 aliphatic heterocycles. The van der Waals surface area contributed by atoms with E-state index in [1.54, 1.807) is 4.90 Å². The minimum atomic E-state index is -0.801. The summed E-state index contributed by atoms with van der Waals surface area (Å²) < 4.78 is 2.04.